The van der Waals surface area contributed by atoms with Gasteiger partial charge in [0.05, 0.1) is 6.20 Å². The molecule has 3 unspecified atom stereocenters. The summed E-state index contributed by atoms with van der Waals surface area (Å²) in [6, 6.07) is 15.3. The topological polar surface area (TPSA) is 75.4 Å². The number of pyridine rings is 1. The van der Waals surface area contributed by atoms with Gasteiger partial charge < -0.3 is 10.2 Å². The van der Waals surface area contributed by atoms with Crippen LogP contribution in [0.15, 0.2) is 67.1 Å². The minimum absolute atomic E-state index is 0.0994. The molecule has 1 saturated heterocycles. The summed E-state index contributed by atoms with van der Waals surface area (Å²) in [6.45, 7) is 1.47. The van der Waals surface area contributed by atoms with Crippen LogP contribution in [0.1, 0.15) is 30.7 Å². The molecular formula is C26H25FN6O. The number of rotatable bonds is 5. The Morgan fingerprint density at radius 2 is 1.97 bits per heavy atom. The van der Waals surface area contributed by atoms with Crippen molar-refractivity contribution in [3.63, 3.8) is 0 Å². The third-order valence-electron chi connectivity index (χ3n) is 6.77. The molecule has 8 heteroatoms. The molecule has 2 aliphatic rings. The van der Waals surface area contributed by atoms with Crippen LogP contribution in [-0.4, -0.2) is 49.3 Å². The van der Waals surface area contributed by atoms with Crippen LogP contribution >= 0.6 is 0 Å². The average Bonchev–Trinajstić information content (AvgIpc) is 3.57. The summed E-state index contributed by atoms with van der Waals surface area (Å²) in [5.41, 5.74) is 2.52. The van der Waals surface area contributed by atoms with E-state index in [0.717, 1.165) is 25.8 Å². The van der Waals surface area contributed by atoms with Gasteiger partial charge in [-0.15, -0.1) is 0 Å². The third-order valence-corrected chi connectivity index (χ3v) is 6.77. The number of hydrogen-bond donors (Lipinski definition) is 1. The quantitative estimate of drug-likeness (QED) is 0.489. The number of fused-ring (bicyclic) bond motifs is 1. The fraction of sp³-hybridized carbons (Fsp3) is 0.308. The normalized spacial score (nSPS) is 22.0. The highest BCUT2D eigenvalue weighted by molar-refractivity contribution is 5.83. The molecule has 1 aromatic carbocycles. The first kappa shape index (κ1) is 20.8. The molecule has 3 atom stereocenters. The second-order valence-electron chi connectivity index (χ2n) is 9.11. The van der Waals surface area contributed by atoms with Crippen LogP contribution in [0.3, 0.4) is 0 Å². The number of benzene rings is 1. The van der Waals surface area contributed by atoms with Crippen LogP contribution in [0.4, 0.5) is 10.2 Å². The SMILES string of the molecule is O=C(C1CC1c1ccccc1)N1CCCC(Nc2ccnc(-c3cnc4ccc(F)cn34)n2)C1. The van der Waals surface area contributed by atoms with Gasteiger partial charge in [-0.3, -0.25) is 9.20 Å². The van der Waals surface area contributed by atoms with Crippen LogP contribution in [-0.2, 0) is 4.79 Å². The molecule has 0 bridgehead atoms. The molecule has 0 spiro atoms. The van der Waals surface area contributed by atoms with Gasteiger partial charge in [-0.1, -0.05) is 30.3 Å². The second kappa shape index (κ2) is 8.52. The Morgan fingerprint density at radius 3 is 2.85 bits per heavy atom. The number of piperidine rings is 1. The number of amides is 1. The molecular weight excluding hydrogens is 431 g/mol. The van der Waals surface area contributed by atoms with E-state index < -0.39 is 0 Å². The Balaban J connectivity index is 1.14. The van der Waals surface area contributed by atoms with E-state index in [1.54, 1.807) is 22.9 Å². The fourth-order valence-electron chi connectivity index (χ4n) is 4.96. The van der Waals surface area contributed by atoms with Gasteiger partial charge in [-0.05, 0) is 48.9 Å². The van der Waals surface area contributed by atoms with Crippen LogP contribution in [0.25, 0.3) is 17.2 Å². The molecule has 0 radical (unpaired) electrons. The van der Waals surface area contributed by atoms with Gasteiger partial charge >= 0.3 is 0 Å². The number of nitrogens with zero attached hydrogens (tertiary/aromatic N) is 5. The van der Waals surface area contributed by atoms with Crippen LogP contribution in [0, 0.1) is 11.7 Å². The summed E-state index contributed by atoms with van der Waals surface area (Å²) in [5.74, 6) is 1.51. The maximum absolute atomic E-state index is 13.7. The van der Waals surface area contributed by atoms with E-state index in [4.69, 9.17) is 0 Å². The number of carbonyl (C=O) groups is 1. The summed E-state index contributed by atoms with van der Waals surface area (Å²) < 4.78 is 15.4. The highest BCUT2D eigenvalue weighted by atomic mass is 19.1. The van der Waals surface area contributed by atoms with Crippen molar-refractivity contribution in [1.29, 1.82) is 0 Å². The van der Waals surface area contributed by atoms with Gasteiger partial charge in [-0.2, -0.15) is 0 Å². The van der Waals surface area contributed by atoms with E-state index in [2.05, 4.69) is 32.4 Å². The van der Waals surface area contributed by atoms with E-state index in [1.165, 1.54) is 17.8 Å². The van der Waals surface area contributed by atoms with Crippen molar-refractivity contribution in [3.8, 4) is 11.5 Å². The first-order valence-corrected chi connectivity index (χ1v) is 11.7. The number of nitrogens with one attached hydrogen (secondary N) is 1. The Labute approximate surface area is 196 Å². The number of aromatic nitrogens is 4. The van der Waals surface area contributed by atoms with Crippen molar-refractivity contribution in [2.45, 2.75) is 31.2 Å². The smallest absolute Gasteiger partial charge is 0.226 e. The molecule has 4 heterocycles. The number of hydrogen-bond acceptors (Lipinski definition) is 5. The number of halogens is 1. The maximum atomic E-state index is 13.7. The van der Waals surface area contributed by atoms with E-state index in [-0.39, 0.29) is 23.7 Å². The highest BCUT2D eigenvalue weighted by Crippen LogP contribution is 2.48. The molecule has 2 fully saturated rings. The molecule has 1 aliphatic heterocycles. The van der Waals surface area contributed by atoms with Crippen molar-refractivity contribution >= 4 is 17.4 Å². The van der Waals surface area contributed by atoms with Gasteiger partial charge in [0.25, 0.3) is 0 Å². The molecule has 1 N–H and O–H groups in total. The standard InChI is InChI=1S/C26H25FN6O/c27-18-8-9-24-29-14-22(33(24)15-18)25-28-11-10-23(31-25)30-19-7-4-12-32(16-19)26(34)21-13-20(21)17-5-2-1-3-6-17/h1-3,5-6,8-11,14-15,19-21H,4,7,12-13,16H2,(H,28,30,31). The first-order chi connectivity index (χ1) is 16.7. The van der Waals surface area contributed by atoms with Crippen molar-refractivity contribution in [1.82, 2.24) is 24.3 Å². The maximum Gasteiger partial charge on any atom is 0.226 e. The minimum atomic E-state index is -0.349. The van der Waals surface area contributed by atoms with Gasteiger partial charge in [0.1, 0.15) is 23.0 Å². The molecule has 4 aromatic rings. The van der Waals surface area contributed by atoms with Gasteiger partial charge in [0.2, 0.25) is 5.91 Å². The molecule has 6 rings (SSSR count). The second-order valence-corrected chi connectivity index (χ2v) is 9.11. The van der Waals surface area contributed by atoms with E-state index in [1.807, 2.05) is 29.2 Å². The highest BCUT2D eigenvalue weighted by Gasteiger charge is 2.46. The van der Waals surface area contributed by atoms with Crippen molar-refractivity contribution in [2.24, 2.45) is 5.92 Å². The number of carbonyl (C=O) groups excluding carboxylic acids is 1. The van der Waals surface area contributed by atoms with Crippen LogP contribution in [0.2, 0.25) is 0 Å². The lowest BCUT2D eigenvalue weighted by molar-refractivity contribution is -0.133. The number of anilines is 1. The molecule has 7 nitrogen and oxygen atoms in total. The largest absolute Gasteiger partial charge is 0.365 e. The van der Waals surface area contributed by atoms with Crippen molar-refractivity contribution in [2.75, 3.05) is 18.4 Å². The molecule has 1 aliphatic carbocycles. The summed E-state index contributed by atoms with van der Waals surface area (Å²) in [4.78, 5) is 28.5. The van der Waals surface area contributed by atoms with Crippen LogP contribution < -0.4 is 5.32 Å². The summed E-state index contributed by atoms with van der Waals surface area (Å²) in [7, 11) is 0. The first-order valence-electron chi connectivity index (χ1n) is 11.7. The minimum Gasteiger partial charge on any atom is -0.365 e. The monoisotopic (exact) mass is 456 g/mol. The lowest BCUT2D eigenvalue weighted by Gasteiger charge is -2.33. The zero-order valence-corrected chi connectivity index (χ0v) is 18.6. The lowest BCUT2D eigenvalue weighted by atomic mass is 10.0. The summed E-state index contributed by atoms with van der Waals surface area (Å²) >= 11 is 0. The number of imidazole rings is 1. The van der Waals surface area contributed by atoms with Gasteiger partial charge in [0, 0.05) is 37.4 Å². The predicted molar refractivity (Wildman–Crippen MR) is 127 cm³/mol. The van der Waals surface area contributed by atoms with Gasteiger partial charge in [0.15, 0.2) is 5.82 Å². The van der Waals surface area contributed by atoms with E-state index in [9.17, 15) is 9.18 Å². The molecule has 1 saturated carbocycles. The Kier molecular flexibility index (Phi) is 5.20. The lowest BCUT2D eigenvalue weighted by Crippen LogP contribution is -2.46. The van der Waals surface area contributed by atoms with E-state index in [0.29, 0.717) is 35.4 Å². The van der Waals surface area contributed by atoms with E-state index >= 15 is 0 Å². The Morgan fingerprint density at radius 1 is 1.09 bits per heavy atom. The fourth-order valence-corrected chi connectivity index (χ4v) is 4.96. The zero-order valence-electron chi connectivity index (χ0n) is 18.6. The van der Waals surface area contributed by atoms with Gasteiger partial charge in [-0.25, -0.2) is 19.3 Å². The Hall–Kier alpha value is -3.81. The predicted octanol–water partition coefficient (Wildman–Crippen LogP) is 4.14. The average molecular weight is 457 g/mol. The van der Waals surface area contributed by atoms with Crippen molar-refractivity contribution < 1.29 is 9.18 Å². The number of likely N-dealkylation sites (tertiary alicyclic amines) is 1. The molecule has 3 aromatic heterocycles. The molecule has 172 valence electrons. The van der Waals surface area contributed by atoms with Crippen molar-refractivity contribution in [3.05, 3.63) is 78.5 Å². The third kappa shape index (κ3) is 4.00. The Bertz CT molecular complexity index is 1340. The van der Waals surface area contributed by atoms with Crippen LogP contribution in [0.5, 0.6) is 0 Å². The molecule has 1 amide bonds. The summed E-state index contributed by atoms with van der Waals surface area (Å²) in [6.07, 6.45) is 7.57. The summed E-state index contributed by atoms with van der Waals surface area (Å²) in [5, 5.41) is 3.48. The molecule has 34 heavy (non-hydrogen) atoms. The zero-order chi connectivity index (χ0) is 23.1.